The van der Waals surface area contributed by atoms with E-state index in [1.807, 2.05) is 26.8 Å². The molecule has 13 nitrogen and oxygen atoms in total. The van der Waals surface area contributed by atoms with E-state index >= 15 is 0 Å². The van der Waals surface area contributed by atoms with Crippen molar-refractivity contribution < 1.29 is 39.0 Å². The van der Waals surface area contributed by atoms with E-state index in [-0.39, 0.29) is 37.4 Å². The van der Waals surface area contributed by atoms with Crippen LogP contribution < -0.4 is 16.0 Å². The van der Waals surface area contributed by atoms with Gasteiger partial charge in [0.05, 0.1) is 6.04 Å². The molecule has 284 valence electrons. The number of aliphatic carboxylic acids is 1. The molecule has 0 spiro atoms. The van der Waals surface area contributed by atoms with Crippen LogP contribution in [0, 0.1) is 5.92 Å². The van der Waals surface area contributed by atoms with Gasteiger partial charge in [0, 0.05) is 26.8 Å². The van der Waals surface area contributed by atoms with Crippen molar-refractivity contribution in [2.24, 2.45) is 5.92 Å². The smallest absolute Gasteiger partial charge is 0.326 e. The summed E-state index contributed by atoms with van der Waals surface area (Å²) in [5.41, 5.74) is 1.28. The number of phenolic OH excluding ortho intramolecular Hbond substituents is 1. The number of unbranched alkanes of at least 4 members (excludes halogenated alkanes) is 1. The van der Waals surface area contributed by atoms with E-state index in [0.29, 0.717) is 30.5 Å². The van der Waals surface area contributed by atoms with Gasteiger partial charge in [-0.15, -0.1) is 0 Å². The quantitative estimate of drug-likeness (QED) is 0.154. The van der Waals surface area contributed by atoms with Crippen LogP contribution in [0.1, 0.15) is 83.8 Å². The van der Waals surface area contributed by atoms with Crippen molar-refractivity contribution >= 4 is 35.5 Å². The Balaban J connectivity index is 2.01. The van der Waals surface area contributed by atoms with E-state index in [1.54, 1.807) is 36.4 Å². The van der Waals surface area contributed by atoms with Gasteiger partial charge in [0.1, 0.15) is 29.9 Å². The number of carbonyl (C=O) groups is 6. The van der Waals surface area contributed by atoms with Gasteiger partial charge in [-0.2, -0.15) is 0 Å². The normalized spacial score (nSPS) is 16.5. The summed E-state index contributed by atoms with van der Waals surface area (Å²) in [7, 11) is 1.45. The Bertz CT molecular complexity index is 1510. The second-order valence-corrected chi connectivity index (χ2v) is 14.0. The van der Waals surface area contributed by atoms with Crippen molar-refractivity contribution in [1.29, 1.82) is 0 Å². The van der Waals surface area contributed by atoms with Crippen LogP contribution in [0.3, 0.4) is 0 Å². The first-order valence-corrected chi connectivity index (χ1v) is 18.2. The average molecular weight is 722 g/mol. The largest absolute Gasteiger partial charge is 0.508 e. The number of carbonyl (C=O) groups excluding carboxylic acids is 5. The zero-order valence-electron chi connectivity index (χ0n) is 31.0. The number of nitrogens with one attached hydrogen (secondary N) is 3. The summed E-state index contributed by atoms with van der Waals surface area (Å²) >= 11 is 0. The maximum absolute atomic E-state index is 14.4. The van der Waals surface area contributed by atoms with Crippen molar-refractivity contribution in [3.8, 4) is 5.75 Å². The molecule has 0 aliphatic carbocycles. The predicted molar refractivity (Wildman–Crippen MR) is 196 cm³/mol. The van der Waals surface area contributed by atoms with Crippen molar-refractivity contribution in [1.82, 2.24) is 25.8 Å². The number of carboxylic acid groups (broad SMARTS) is 1. The Morgan fingerprint density at radius 2 is 1.48 bits per heavy atom. The van der Waals surface area contributed by atoms with Gasteiger partial charge in [0.25, 0.3) is 0 Å². The molecule has 2 aromatic rings. The van der Waals surface area contributed by atoms with Gasteiger partial charge in [0.2, 0.25) is 29.5 Å². The molecule has 1 aliphatic heterocycles. The first kappa shape index (κ1) is 41.6. The Morgan fingerprint density at radius 1 is 0.865 bits per heavy atom. The molecule has 1 heterocycles. The molecule has 13 heteroatoms. The topological polar surface area (TPSA) is 185 Å². The Kier molecular flexibility index (Phi) is 16.3. The van der Waals surface area contributed by atoms with Gasteiger partial charge in [-0.1, -0.05) is 82.5 Å². The van der Waals surface area contributed by atoms with Crippen molar-refractivity contribution in [3.05, 3.63) is 65.7 Å². The van der Waals surface area contributed by atoms with Gasteiger partial charge in [-0.25, -0.2) is 4.79 Å². The summed E-state index contributed by atoms with van der Waals surface area (Å²) in [5, 5.41) is 28.3. The van der Waals surface area contributed by atoms with Crippen molar-refractivity contribution in [2.45, 2.75) is 116 Å². The maximum Gasteiger partial charge on any atom is 0.326 e. The molecule has 1 fully saturated rings. The molecule has 5 atom stereocenters. The minimum Gasteiger partial charge on any atom is -0.508 e. The zero-order chi connectivity index (χ0) is 38.4. The number of hydrogen-bond acceptors (Lipinski definition) is 8. The Labute approximate surface area is 306 Å². The number of nitrogens with zero attached hydrogens (tertiary/aromatic N) is 2. The number of carboxylic acids is 1. The van der Waals surface area contributed by atoms with Crippen LogP contribution in [0.15, 0.2) is 54.6 Å². The molecule has 1 aliphatic rings. The number of aromatic hydroxyl groups is 1. The third kappa shape index (κ3) is 12.2. The van der Waals surface area contributed by atoms with E-state index < -0.39 is 65.7 Å². The lowest BCUT2D eigenvalue weighted by Gasteiger charge is -2.35. The third-order valence-corrected chi connectivity index (χ3v) is 9.34. The number of amides is 5. The van der Waals surface area contributed by atoms with Crippen LogP contribution in [0.25, 0.3) is 0 Å². The highest BCUT2D eigenvalue weighted by molar-refractivity contribution is 6.02. The lowest BCUT2D eigenvalue weighted by atomic mass is 9.97. The van der Waals surface area contributed by atoms with E-state index in [1.165, 1.54) is 31.0 Å². The van der Waals surface area contributed by atoms with Gasteiger partial charge in [-0.05, 0) is 61.4 Å². The Hall–Kier alpha value is -4.78. The highest BCUT2D eigenvalue weighted by atomic mass is 16.4. The maximum atomic E-state index is 14.4. The molecule has 0 radical (unpaired) electrons. The number of phenols is 1. The Morgan fingerprint density at radius 3 is 2.04 bits per heavy atom. The number of benzene rings is 2. The molecule has 2 aromatic carbocycles. The van der Waals surface area contributed by atoms with Gasteiger partial charge >= 0.3 is 5.97 Å². The molecule has 0 saturated carbocycles. The second-order valence-electron chi connectivity index (χ2n) is 14.0. The fourth-order valence-electron chi connectivity index (χ4n) is 6.45. The summed E-state index contributed by atoms with van der Waals surface area (Å²) in [4.78, 5) is 83.8. The molecule has 1 saturated heterocycles. The monoisotopic (exact) mass is 721 g/mol. The molecular formula is C39H55N5O8. The molecular weight excluding hydrogens is 666 g/mol. The van der Waals surface area contributed by atoms with Gasteiger partial charge in [0.15, 0.2) is 0 Å². The summed E-state index contributed by atoms with van der Waals surface area (Å²) in [6.45, 7) is 7.50. The van der Waals surface area contributed by atoms with Crippen LogP contribution in [-0.2, 0) is 41.6 Å². The molecule has 52 heavy (non-hydrogen) atoms. The summed E-state index contributed by atoms with van der Waals surface area (Å²) in [6.07, 6.45) is 3.90. The fraction of sp³-hybridized carbons (Fsp3) is 0.538. The molecule has 5 amide bonds. The molecule has 5 N–H and O–H groups in total. The summed E-state index contributed by atoms with van der Waals surface area (Å²) < 4.78 is 0. The third-order valence-electron chi connectivity index (χ3n) is 9.34. The number of rotatable bonds is 18. The number of piperidine rings is 1. The van der Waals surface area contributed by atoms with Gasteiger partial charge in [-0.3, -0.25) is 28.9 Å². The summed E-state index contributed by atoms with van der Waals surface area (Å²) in [6, 6.07) is 9.66. The molecule has 0 aromatic heterocycles. The lowest BCUT2D eigenvalue weighted by molar-refractivity contribution is -0.153. The van der Waals surface area contributed by atoms with E-state index in [2.05, 4.69) is 16.0 Å². The predicted octanol–water partition coefficient (Wildman–Crippen LogP) is 3.18. The minimum absolute atomic E-state index is 0.00671. The van der Waals surface area contributed by atoms with Gasteiger partial charge < -0.3 is 31.1 Å². The first-order valence-electron chi connectivity index (χ1n) is 18.2. The van der Waals surface area contributed by atoms with E-state index in [4.69, 9.17) is 0 Å². The van der Waals surface area contributed by atoms with Crippen LogP contribution >= 0.6 is 0 Å². The number of imide groups is 1. The molecule has 0 bridgehead atoms. The molecule has 0 unspecified atom stereocenters. The van der Waals surface area contributed by atoms with E-state index in [0.717, 1.165) is 24.2 Å². The number of likely N-dealkylation sites (N-methyl/N-ethyl adjacent to an activating group) is 1. The van der Waals surface area contributed by atoms with E-state index in [9.17, 15) is 39.0 Å². The zero-order valence-corrected chi connectivity index (χ0v) is 31.0. The van der Waals surface area contributed by atoms with Crippen molar-refractivity contribution in [3.63, 3.8) is 0 Å². The lowest BCUT2D eigenvalue weighted by Crippen LogP contribution is -2.61. The minimum atomic E-state index is -1.35. The van der Waals surface area contributed by atoms with Crippen LogP contribution in [0.2, 0.25) is 0 Å². The standard InChI is InChI=1S/C39H55N5O8/c1-6-7-15-31(39(51)52)41-35(47)33(22-25(2)3)43(5)37(49)32(23-27-13-9-8-10-14-27)42-36(48)34(24-28-17-19-29(46)20-18-28)44(26(4)45)38(50)30-16-11-12-21-40-30/h8-10,13-14,17-20,25,30-34,40,46H,6-7,11-12,15-16,21-24H2,1-5H3,(H,41,47)(H,42,48)(H,51,52)/t30-,31-,32-,33-,34-/m0/s1. The highest BCUT2D eigenvalue weighted by Crippen LogP contribution is 2.20. The SMILES string of the molecule is CCCC[C@H](NC(=O)[C@H](CC(C)C)N(C)C(=O)[C@H](Cc1ccccc1)NC(=O)[C@H](Cc1ccc(O)cc1)N(C(C)=O)C(=O)[C@@H]1CCCCN1)C(=O)O. The highest BCUT2D eigenvalue weighted by Gasteiger charge is 2.40. The first-order chi connectivity index (χ1) is 24.7. The second kappa shape index (κ2) is 20.3. The van der Waals surface area contributed by atoms with Crippen LogP contribution in [-0.4, -0.2) is 99.3 Å². The number of hydrogen-bond donors (Lipinski definition) is 5. The fourth-order valence-corrected chi connectivity index (χ4v) is 6.45. The average Bonchev–Trinajstić information content (AvgIpc) is 3.12. The van der Waals surface area contributed by atoms with Crippen molar-refractivity contribution in [2.75, 3.05) is 13.6 Å². The molecule has 3 rings (SSSR count). The van der Waals surface area contributed by atoms with Crippen LogP contribution in [0.5, 0.6) is 5.75 Å². The van der Waals surface area contributed by atoms with Crippen LogP contribution in [0.4, 0.5) is 0 Å². The summed E-state index contributed by atoms with van der Waals surface area (Å²) in [5.74, 6) is -4.35.